The van der Waals surface area contributed by atoms with E-state index >= 15 is 0 Å². The molecule has 186 valence electrons. The van der Waals surface area contributed by atoms with Crippen molar-refractivity contribution in [2.45, 2.75) is 46.0 Å². The average Bonchev–Trinajstić information content (AvgIpc) is 3.26. The van der Waals surface area contributed by atoms with Crippen molar-refractivity contribution < 1.29 is 28.5 Å². The van der Waals surface area contributed by atoms with Crippen LogP contribution in [-0.4, -0.2) is 47.2 Å². The highest BCUT2D eigenvalue weighted by atomic mass is 16.6. The van der Waals surface area contributed by atoms with Gasteiger partial charge in [-0.1, -0.05) is 30.3 Å². The highest BCUT2D eigenvalue weighted by molar-refractivity contribution is 6.04. The fourth-order valence-electron chi connectivity index (χ4n) is 3.09. The van der Waals surface area contributed by atoms with Crippen molar-refractivity contribution in [3.63, 3.8) is 0 Å². The van der Waals surface area contributed by atoms with Crippen LogP contribution in [-0.2, 0) is 16.1 Å². The lowest BCUT2D eigenvalue weighted by molar-refractivity contribution is 0.0514. The van der Waals surface area contributed by atoms with Crippen LogP contribution in [0.25, 0.3) is 0 Å². The molecule has 1 aromatic heterocycles. The summed E-state index contributed by atoms with van der Waals surface area (Å²) in [5.74, 6) is 0.700. The third-order valence-corrected chi connectivity index (χ3v) is 4.54. The van der Waals surface area contributed by atoms with Crippen LogP contribution >= 0.6 is 0 Å². The van der Waals surface area contributed by atoms with Gasteiger partial charge >= 0.3 is 6.09 Å². The van der Waals surface area contributed by atoms with Crippen molar-refractivity contribution in [3.8, 4) is 11.5 Å². The van der Waals surface area contributed by atoms with E-state index in [1.165, 1.54) is 12.3 Å². The van der Waals surface area contributed by atoms with Crippen LogP contribution in [0.5, 0.6) is 11.5 Å². The number of ether oxygens (including phenoxy) is 4. The standard InChI is InChI=1S/C26H31N3O6/c1-18(16-32-5)34-22-14-20(13-21(15-22)33-17-19-9-7-6-8-10-19)24(30)27-23-11-12-29(28-23)25(31)35-26(2,3)4/h6-15,18H,16-17H2,1-5H3,(H,27,28,30)/t18-/m0/s1. The maximum absolute atomic E-state index is 13.0. The van der Waals surface area contributed by atoms with Crippen LogP contribution in [0.4, 0.5) is 10.6 Å². The number of hydrogen-bond acceptors (Lipinski definition) is 7. The Kier molecular flexibility index (Phi) is 8.48. The zero-order chi connectivity index (χ0) is 25.4. The summed E-state index contributed by atoms with van der Waals surface area (Å²) in [4.78, 5) is 25.2. The Balaban J connectivity index is 1.77. The van der Waals surface area contributed by atoms with Gasteiger partial charge in [-0.15, -0.1) is 5.10 Å². The molecule has 0 aliphatic rings. The summed E-state index contributed by atoms with van der Waals surface area (Å²) in [6.45, 7) is 7.87. The Morgan fingerprint density at radius 2 is 1.77 bits per heavy atom. The fraction of sp³-hybridized carbons (Fsp3) is 0.346. The zero-order valence-electron chi connectivity index (χ0n) is 20.6. The van der Waals surface area contributed by atoms with Gasteiger partial charge in [0.1, 0.15) is 29.8 Å². The van der Waals surface area contributed by atoms with Crippen LogP contribution in [0.2, 0.25) is 0 Å². The number of anilines is 1. The minimum atomic E-state index is -0.664. The monoisotopic (exact) mass is 481 g/mol. The first-order chi connectivity index (χ1) is 16.6. The lowest BCUT2D eigenvalue weighted by Gasteiger charge is -2.18. The molecule has 0 fully saturated rings. The molecule has 0 radical (unpaired) electrons. The Morgan fingerprint density at radius 1 is 1.06 bits per heavy atom. The number of carbonyl (C=O) groups excluding carboxylic acids is 2. The van der Waals surface area contributed by atoms with Crippen LogP contribution in [0.1, 0.15) is 43.6 Å². The molecule has 3 aromatic rings. The SMILES string of the molecule is COC[C@H](C)Oc1cc(OCc2ccccc2)cc(C(=O)Nc2ccn(C(=O)OC(C)(C)C)n2)c1. The van der Waals surface area contributed by atoms with Crippen molar-refractivity contribution in [3.05, 3.63) is 71.9 Å². The number of nitrogens with zero attached hydrogens (tertiary/aromatic N) is 2. The lowest BCUT2D eigenvalue weighted by atomic mass is 10.1. The molecule has 0 bridgehead atoms. The Bertz CT molecular complexity index is 1140. The largest absolute Gasteiger partial charge is 0.489 e. The number of benzene rings is 2. The third-order valence-electron chi connectivity index (χ3n) is 4.54. The summed E-state index contributed by atoms with van der Waals surface area (Å²) in [5, 5.41) is 6.77. The number of rotatable bonds is 9. The van der Waals surface area contributed by atoms with Gasteiger partial charge in [-0.2, -0.15) is 4.68 Å². The molecular formula is C26H31N3O6. The van der Waals surface area contributed by atoms with Crippen LogP contribution in [0, 0.1) is 0 Å². The normalized spacial score (nSPS) is 12.0. The Hall–Kier alpha value is -3.85. The topological polar surface area (TPSA) is 101 Å². The average molecular weight is 482 g/mol. The molecule has 0 unspecified atom stereocenters. The number of hydrogen-bond donors (Lipinski definition) is 1. The molecule has 35 heavy (non-hydrogen) atoms. The van der Waals surface area contributed by atoms with E-state index in [1.807, 2.05) is 37.3 Å². The van der Waals surface area contributed by atoms with E-state index in [0.717, 1.165) is 10.2 Å². The van der Waals surface area contributed by atoms with E-state index in [0.29, 0.717) is 30.3 Å². The molecule has 0 aliphatic heterocycles. The molecule has 2 aromatic carbocycles. The molecular weight excluding hydrogens is 450 g/mol. The maximum atomic E-state index is 13.0. The minimum absolute atomic E-state index is 0.201. The highest BCUT2D eigenvalue weighted by Gasteiger charge is 2.19. The van der Waals surface area contributed by atoms with Crippen molar-refractivity contribution in [1.29, 1.82) is 0 Å². The third kappa shape index (κ3) is 8.15. The van der Waals surface area contributed by atoms with Crippen molar-refractivity contribution in [2.24, 2.45) is 0 Å². The van der Waals surface area contributed by atoms with E-state index in [1.54, 1.807) is 46.1 Å². The van der Waals surface area contributed by atoms with E-state index in [4.69, 9.17) is 18.9 Å². The van der Waals surface area contributed by atoms with Gasteiger partial charge in [0.05, 0.1) is 6.61 Å². The maximum Gasteiger partial charge on any atom is 0.435 e. The van der Waals surface area contributed by atoms with Crippen molar-refractivity contribution in [1.82, 2.24) is 9.78 Å². The van der Waals surface area contributed by atoms with Crippen molar-refractivity contribution in [2.75, 3.05) is 19.0 Å². The lowest BCUT2D eigenvalue weighted by Crippen LogP contribution is -2.27. The number of aromatic nitrogens is 2. The van der Waals surface area contributed by atoms with Gasteiger partial charge in [-0.3, -0.25) is 4.79 Å². The zero-order valence-corrected chi connectivity index (χ0v) is 20.6. The van der Waals surface area contributed by atoms with E-state index < -0.39 is 17.6 Å². The summed E-state index contributed by atoms with van der Waals surface area (Å²) in [6, 6.07) is 16.2. The van der Waals surface area contributed by atoms with Crippen LogP contribution in [0.3, 0.4) is 0 Å². The predicted molar refractivity (Wildman–Crippen MR) is 131 cm³/mol. The van der Waals surface area contributed by atoms with E-state index in [2.05, 4.69) is 10.4 Å². The van der Waals surface area contributed by atoms with E-state index in [-0.39, 0.29) is 11.9 Å². The van der Waals surface area contributed by atoms with Crippen LogP contribution < -0.4 is 14.8 Å². The second kappa shape index (κ2) is 11.5. The number of amides is 1. The summed E-state index contributed by atoms with van der Waals surface area (Å²) < 4.78 is 23.3. The first kappa shape index (κ1) is 25.8. The quantitative estimate of drug-likeness (QED) is 0.463. The molecule has 1 heterocycles. The second-order valence-electron chi connectivity index (χ2n) is 8.93. The molecule has 0 spiro atoms. The fourth-order valence-corrected chi connectivity index (χ4v) is 3.09. The number of nitrogens with one attached hydrogen (secondary N) is 1. The van der Waals surface area contributed by atoms with Gasteiger partial charge in [0.2, 0.25) is 0 Å². The Morgan fingerprint density at radius 3 is 2.46 bits per heavy atom. The predicted octanol–water partition coefficient (Wildman–Crippen LogP) is 4.91. The molecule has 0 saturated heterocycles. The second-order valence-corrected chi connectivity index (χ2v) is 8.93. The van der Waals surface area contributed by atoms with Gasteiger partial charge < -0.3 is 24.3 Å². The smallest absolute Gasteiger partial charge is 0.435 e. The van der Waals surface area contributed by atoms with E-state index in [9.17, 15) is 9.59 Å². The van der Waals surface area contributed by atoms with Gasteiger partial charge in [-0.05, 0) is 45.4 Å². The first-order valence-electron chi connectivity index (χ1n) is 11.2. The Labute approximate surface area is 204 Å². The highest BCUT2D eigenvalue weighted by Crippen LogP contribution is 2.25. The summed E-state index contributed by atoms with van der Waals surface area (Å²) in [6.07, 6.45) is 0.547. The molecule has 1 amide bonds. The molecule has 0 saturated carbocycles. The molecule has 0 aliphatic carbocycles. The summed E-state index contributed by atoms with van der Waals surface area (Å²) in [5.41, 5.74) is 0.635. The molecule has 3 rings (SSSR count). The molecule has 1 atom stereocenters. The molecule has 9 nitrogen and oxygen atoms in total. The summed E-state index contributed by atoms with van der Waals surface area (Å²) >= 11 is 0. The minimum Gasteiger partial charge on any atom is -0.489 e. The number of methoxy groups -OCH3 is 1. The van der Waals surface area contributed by atoms with Gasteiger partial charge in [-0.25, -0.2) is 4.79 Å². The van der Waals surface area contributed by atoms with Gasteiger partial charge in [0, 0.05) is 31.0 Å². The molecule has 1 N–H and O–H groups in total. The number of carbonyl (C=O) groups is 2. The van der Waals surface area contributed by atoms with Crippen molar-refractivity contribution >= 4 is 17.8 Å². The van der Waals surface area contributed by atoms with Gasteiger partial charge in [0.25, 0.3) is 5.91 Å². The van der Waals surface area contributed by atoms with Gasteiger partial charge in [0.15, 0.2) is 5.82 Å². The first-order valence-corrected chi connectivity index (χ1v) is 11.2. The summed E-state index contributed by atoms with van der Waals surface area (Å²) in [7, 11) is 1.59. The molecule has 9 heteroatoms. The van der Waals surface area contributed by atoms with Crippen LogP contribution in [0.15, 0.2) is 60.8 Å².